The Hall–Kier alpha value is -3.38. The lowest BCUT2D eigenvalue weighted by molar-refractivity contribution is 0.576. The Morgan fingerprint density at radius 2 is 1.43 bits per heavy atom. The van der Waals surface area contributed by atoms with E-state index in [-0.39, 0.29) is 21.7 Å². The number of aryl methyl sites for hydroxylation is 2. The lowest BCUT2D eigenvalue weighted by Crippen LogP contribution is -2.07. The van der Waals surface area contributed by atoms with Gasteiger partial charge in [0.25, 0.3) is 0 Å². The minimum absolute atomic E-state index is 0.114. The molecule has 0 radical (unpaired) electrons. The summed E-state index contributed by atoms with van der Waals surface area (Å²) in [5, 5.41) is 3.00. The molecule has 3 aromatic carbocycles. The van der Waals surface area contributed by atoms with Crippen molar-refractivity contribution in [3.8, 4) is 11.5 Å². The van der Waals surface area contributed by atoms with E-state index >= 15 is 0 Å². The van der Waals surface area contributed by atoms with Crippen molar-refractivity contribution in [2.75, 3.05) is 5.32 Å². The van der Waals surface area contributed by atoms with Crippen molar-refractivity contribution in [2.45, 2.75) is 30.3 Å². The second kappa shape index (κ2) is 8.16. The van der Waals surface area contributed by atoms with Gasteiger partial charge >= 0.3 is 0 Å². The number of nitrogens with one attached hydrogen (secondary N) is 1. The van der Waals surface area contributed by atoms with Crippen LogP contribution in [0.4, 0.5) is 5.88 Å². The Labute approximate surface area is 176 Å². The largest absolute Gasteiger partial charge is 0.419 e. The number of oxazole rings is 1. The Morgan fingerprint density at radius 1 is 0.833 bits per heavy atom. The quantitative estimate of drug-likeness (QED) is 0.454. The molecule has 0 bridgehead atoms. The maximum absolute atomic E-state index is 13.3. The molecule has 4 aromatic rings. The molecule has 0 amide bonds. The highest BCUT2D eigenvalue weighted by Gasteiger charge is 2.28. The summed E-state index contributed by atoms with van der Waals surface area (Å²) >= 11 is 0. The van der Waals surface area contributed by atoms with E-state index in [0.717, 1.165) is 16.7 Å². The molecule has 1 aromatic heterocycles. The maximum Gasteiger partial charge on any atom is 0.234 e. The summed E-state index contributed by atoms with van der Waals surface area (Å²) in [7, 11) is -3.85. The third-order valence-corrected chi connectivity index (χ3v) is 6.45. The van der Waals surface area contributed by atoms with E-state index in [9.17, 15) is 8.42 Å². The predicted octanol–water partition coefficient (Wildman–Crippen LogP) is 5.40. The molecule has 0 atom stereocenters. The zero-order chi connectivity index (χ0) is 21.1. The Morgan fingerprint density at radius 3 is 2.07 bits per heavy atom. The lowest BCUT2D eigenvalue weighted by Gasteiger charge is -2.07. The molecule has 152 valence electrons. The van der Waals surface area contributed by atoms with Gasteiger partial charge in [-0.15, -0.1) is 0 Å². The summed E-state index contributed by atoms with van der Waals surface area (Å²) in [6, 6.07) is 24.0. The number of hydrogen-bond donors (Lipinski definition) is 1. The first kappa shape index (κ1) is 19.9. The Balaban J connectivity index is 1.74. The van der Waals surface area contributed by atoms with Crippen molar-refractivity contribution < 1.29 is 12.8 Å². The highest BCUT2D eigenvalue weighted by atomic mass is 32.2. The Bertz CT molecular complexity index is 1240. The first-order chi connectivity index (χ1) is 14.4. The molecule has 0 aliphatic heterocycles. The number of benzene rings is 3. The molecule has 30 heavy (non-hydrogen) atoms. The van der Waals surface area contributed by atoms with Crippen LogP contribution in [0.25, 0.3) is 11.5 Å². The molecule has 0 unspecified atom stereocenters. The molecule has 1 heterocycles. The molecule has 0 fully saturated rings. The van der Waals surface area contributed by atoms with Crippen LogP contribution >= 0.6 is 0 Å². The fraction of sp³-hybridized carbons (Fsp3) is 0.125. The van der Waals surface area contributed by atoms with Crippen LogP contribution in [0.2, 0.25) is 0 Å². The van der Waals surface area contributed by atoms with Crippen LogP contribution < -0.4 is 5.32 Å². The van der Waals surface area contributed by atoms with Gasteiger partial charge in [0.15, 0.2) is 0 Å². The van der Waals surface area contributed by atoms with E-state index in [4.69, 9.17) is 4.42 Å². The first-order valence-electron chi connectivity index (χ1n) is 9.61. The zero-order valence-corrected chi connectivity index (χ0v) is 17.6. The van der Waals surface area contributed by atoms with E-state index in [1.807, 2.05) is 68.4 Å². The monoisotopic (exact) mass is 418 g/mol. The molecule has 0 aliphatic carbocycles. The summed E-state index contributed by atoms with van der Waals surface area (Å²) in [5.74, 6) is 0.391. The second-order valence-corrected chi connectivity index (χ2v) is 9.04. The third kappa shape index (κ3) is 4.14. The van der Waals surface area contributed by atoms with Gasteiger partial charge in [-0.2, -0.15) is 4.98 Å². The molecule has 0 saturated carbocycles. The summed E-state index contributed by atoms with van der Waals surface area (Å²) in [4.78, 5) is 4.54. The topological polar surface area (TPSA) is 72.2 Å². The van der Waals surface area contributed by atoms with Crippen molar-refractivity contribution in [2.24, 2.45) is 0 Å². The smallest absolute Gasteiger partial charge is 0.234 e. The van der Waals surface area contributed by atoms with Crippen molar-refractivity contribution >= 4 is 15.7 Å². The summed E-state index contributed by atoms with van der Waals surface area (Å²) in [6.07, 6.45) is 0. The number of rotatable bonds is 6. The lowest BCUT2D eigenvalue weighted by atomic mass is 10.1. The van der Waals surface area contributed by atoms with Crippen molar-refractivity contribution in [3.63, 3.8) is 0 Å². The highest BCUT2D eigenvalue weighted by Crippen LogP contribution is 2.32. The van der Waals surface area contributed by atoms with E-state index in [0.29, 0.717) is 12.1 Å². The average Bonchev–Trinajstić information content (AvgIpc) is 3.20. The minimum Gasteiger partial charge on any atom is -0.419 e. The van der Waals surface area contributed by atoms with E-state index in [2.05, 4.69) is 10.3 Å². The number of hydrogen-bond acceptors (Lipinski definition) is 5. The van der Waals surface area contributed by atoms with Crippen LogP contribution in [0.15, 0.2) is 93.2 Å². The minimum atomic E-state index is -3.85. The van der Waals surface area contributed by atoms with Gasteiger partial charge in [-0.3, -0.25) is 0 Å². The van der Waals surface area contributed by atoms with Gasteiger partial charge in [-0.25, -0.2) is 8.42 Å². The van der Waals surface area contributed by atoms with Crippen LogP contribution in [-0.4, -0.2) is 13.4 Å². The molecule has 0 saturated heterocycles. The fourth-order valence-corrected chi connectivity index (χ4v) is 4.30. The van der Waals surface area contributed by atoms with Crippen LogP contribution in [-0.2, 0) is 16.4 Å². The van der Waals surface area contributed by atoms with Gasteiger partial charge < -0.3 is 9.73 Å². The van der Waals surface area contributed by atoms with Gasteiger partial charge in [0.1, 0.15) is 0 Å². The molecular weight excluding hydrogens is 396 g/mol. The normalized spacial score (nSPS) is 11.4. The number of aromatic nitrogens is 1. The van der Waals surface area contributed by atoms with Crippen molar-refractivity contribution in [1.82, 2.24) is 4.98 Å². The van der Waals surface area contributed by atoms with Crippen LogP contribution in [0, 0.1) is 13.8 Å². The van der Waals surface area contributed by atoms with Gasteiger partial charge in [0, 0.05) is 12.1 Å². The SMILES string of the molecule is Cc1ccc(CNc2oc(-c3ccccc3)nc2S(=O)(=O)c2ccc(C)cc2)cc1. The number of anilines is 1. The van der Waals surface area contributed by atoms with Gasteiger partial charge in [0.05, 0.1) is 4.90 Å². The van der Waals surface area contributed by atoms with Crippen LogP contribution in [0.5, 0.6) is 0 Å². The standard InChI is InChI=1S/C24H22N2O3S/c1-17-8-12-19(13-9-17)16-25-23-24(26-22(29-23)20-6-4-3-5-7-20)30(27,28)21-14-10-18(2)11-15-21/h3-15,25H,16H2,1-2H3. The molecule has 0 aliphatic rings. The highest BCUT2D eigenvalue weighted by molar-refractivity contribution is 7.91. The van der Waals surface area contributed by atoms with E-state index < -0.39 is 9.84 Å². The molecular formula is C24H22N2O3S. The van der Waals surface area contributed by atoms with Gasteiger partial charge in [-0.05, 0) is 43.7 Å². The number of sulfone groups is 1. The first-order valence-corrected chi connectivity index (χ1v) is 11.1. The molecule has 4 rings (SSSR count). The predicted molar refractivity (Wildman–Crippen MR) is 117 cm³/mol. The van der Waals surface area contributed by atoms with Crippen molar-refractivity contribution in [3.05, 3.63) is 95.6 Å². The van der Waals surface area contributed by atoms with Crippen molar-refractivity contribution in [1.29, 1.82) is 0 Å². The summed E-state index contributed by atoms with van der Waals surface area (Å²) in [6.45, 7) is 4.35. The third-order valence-electron chi connectivity index (χ3n) is 4.78. The zero-order valence-electron chi connectivity index (χ0n) is 16.8. The van der Waals surface area contributed by atoms with Gasteiger partial charge in [-0.1, -0.05) is 65.7 Å². The van der Waals surface area contributed by atoms with Crippen LogP contribution in [0.1, 0.15) is 16.7 Å². The fourth-order valence-electron chi connectivity index (χ4n) is 3.02. The number of nitrogens with zero attached hydrogens (tertiary/aromatic N) is 1. The molecule has 0 spiro atoms. The molecule has 6 heteroatoms. The van der Waals surface area contributed by atoms with Gasteiger partial charge in [0.2, 0.25) is 26.6 Å². The average molecular weight is 419 g/mol. The van der Waals surface area contributed by atoms with E-state index in [1.54, 1.807) is 24.3 Å². The summed E-state index contributed by atoms with van der Waals surface area (Å²) in [5.41, 5.74) is 3.86. The maximum atomic E-state index is 13.3. The van der Waals surface area contributed by atoms with Crippen LogP contribution in [0.3, 0.4) is 0 Å². The summed E-state index contributed by atoms with van der Waals surface area (Å²) < 4.78 is 32.5. The molecule has 5 nitrogen and oxygen atoms in total. The van der Waals surface area contributed by atoms with E-state index in [1.165, 1.54) is 0 Å². The molecule has 1 N–H and O–H groups in total. The Kier molecular flexibility index (Phi) is 5.42. The second-order valence-electron chi connectivity index (χ2n) is 7.17.